The van der Waals surface area contributed by atoms with Crippen molar-refractivity contribution in [1.29, 1.82) is 5.26 Å². The van der Waals surface area contributed by atoms with Crippen LogP contribution in [0.4, 0.5) is 11.8 Å². The highest BCUT2D eigenvalue weighted by Gasteiger charge is 2.20. The Morgan fingerprint density at radius 1 is 1.21 bits per heavy atom. The summed E-state index contributed by atoms with van der Waals surface area (Å²) >= 11 is 0. The number of carbonyl (C=O) groups is 1. The normalized spacial score (nSPS) is 14.2. The molecule has 0 atom stereocenters. The van der Waals surface area contributed by atoms with Crippen LogP contribution in [0.2, 0.25) is 0 Å². The molecule has 4 aromatic rings. The van der Waals surface area contributed by atoms with E-state index in [2.05, 4.69) is 31.7 Å². The number of hydrogen-bond donors (Lipinski definition) is 4. The van der Waals surface area contributed by atoms with Crippen LogP contribution in [-0.4, -0.2) is 56.9 Å². The SMILES string of the molecule is CC/C=C(/Nc1nc2ccccc2[nH]1)c1nc(-c2ccc(C(=O)N3CCCNCC3)cc2C#N)cnc1N. The van der Waals surface area contributed by atoms with Gasteiger partial charge < -0.3 is 26.3 Å². The van der Waals surface area contributed by atoms with E-state index in [-0.39, 0.29) is 11.7 Å². The summed E-state index contributed by atoms with van der Waals surface area (Å²) in [6.07, 6.45) is 5.12. The van der Waals surface area contributed by atoms with Gasteiger partial charge in [-0.3, -0.25) is 4.79 Å². The predicted octanol–water partition coefficient (Wildman–Crippen LogP) is 3.77. The number of benzene rings is 2. The molecule has 2 aromatic heterocycles. The van der Waals surface area contributed by atoms with Crippen molar-refractivity contribution in [2.75, 3.05) is 37.2 Å². The molecular formula is C28H29N9O. The molecule has 192 valence electrons. The van der Waals surface area contributed by atoms with E-state index in [9.17, 15) is 10.1 Å². The molecule has 5 rings (SSSR count). The van der Waals surface area contributed by atoms with Crippen LogP contribution in [0.1, 0.15) is 41.4 Å². The number of fused-ring (bicyclic) bond motifs is 1. The first kappa shape index (κ1) is 24.9. The Bertz CT molecular complexity index is 1510. The number of nitrogens with two attached hydrogens (primary N) is 1. The molecule has 2 aromatic carbocycles. The summed E-state index contributed by atoms with van der Waals surface area (Å²) in [6, 6.07) is 15.1. The summed E-state index contributed by atoms with van der Waals surface area (Å²) in [4.78, 5) is 31.9. The number of para-hydroxylation sites is 2. The number of aromatic amines is 1. The smallest absolute Gasteiger partial charge is 0.253 e. The van der Waals surface area contributed by atoms with E-state index >= 15 is 0 Å². The van der Waals surface area contributed by atoms with Crippen LogP contribution in [0.5, 0.6) is 0 Å². The van der Waals surface area contributed by atoms with Crippen molar-refractivity contribution in [3.05, 3.63) is 71.6 Å². The number of nitrogens with one attached hydrogen (secondary N) is 3. The highest BCUT2D eigenvalue weighted by atomic mass is 16.2. The number of allylic oxidation sites excluding steroid dienone is 1. The summed E-state index contributed by atoms with van der Waals surface area (Å²) in [5.74, 6) is 0.725. The lowest BCUT2D eigenvalue weighted by atomic mass is 10.0. The first-order valence-electron chi connectivity index (χ1n) is 12.7. The number of nitrogens with zero attached hydrogens (tertiary/aromatic N) is 5. The molecule has 0 aliphatic carbocycles. The van der Waals surface area contributed by atoms with E-state index in [1.807, 2.05) is 42.2 Å². The van der Waals surface area contributed by atoms with Crippen molar-refractivity contribution in [3.63, 3.8) is 0 Å². The Kier molecular flexibility index (Phi) is 7.28. The van der Waals surface area contributed by atoms with Crippen molar-refractivity contribution < 1.29 is 4.79 Å². The molecule has 3 heterocycles. The molecule has 0 bridgehead atoms. The second kappa shape index (κ2) is 11.1. The Morgan fingerprint density at radius 3 is 2.89 bits per heavy atom. The maximum absolute atomic E-state index is 13.1. The fourth-order valence-electron chi connectivity index (χ4n) is 4.50. The molecule has 38 heavy (non-hydrogen) atoms. The van der Waals surface area contributed by atoms with Crippen molar-refractivity contribution in [2.24, 2.45) is 0 Å². The van der Waals surface area contributed by atoms with Gasteiger partial charge in [-0.15, -0.1) is 0 Å². The number of imidazole rings is 1. The maximum atomic E-state index is 13.1. The largest absolute Gasteiger partial charge is 0.382 e. The van der Waals surface area contributed by atoms with E-state index in [0.29, 0.717) is 52.8 Å². The fourth-order valence-corrected chi connectivity index (χ4v) is 4.50. The Hall–Kier alpha value is -4.75. The van der Waals surface area contributed by atoms with Crippen LogP contribution in [0, 0.1) is 11.3 Å². The lowest BCUT2D eigenvalue weighted by Gasteiger charge is -2.20. The number of H-pyrrole nitrogens is 1. The fraction of sp³-hybridized carbons (Fsp3) is 0.250. The Labute approximate surface area is 220 Å². The van der Waals surface area contributed by atoms with Crippen LogP contribution in [-0.2, 0) is 0 Å². The third kappa shape index (κ3) is 5.19. The molecule has 0 spiro atoms. The zero-order chi connectivity index (χ0) is 26.5. The van der Waals surface area contributed by atoms with Gasteiger partial charge in [0.15, 0.2) is 5.82 Å². The molecule has 1 fully saturated rings. The van der Waals surface area contributed by atoms with Gasteiger partial charge in [-0.25, -0.2) is 15.0 Å². The average Bonchev–Trinajstić information content (AvgIpc) is 3.15. The molecule has 1 saturated heterocycles. The molecule has 1 amide bonds. The molecule has 10 nitrogen and oxygen atoms in total. The maximum Gasteiger partial charge on any atom is 0.253 e. The minimum atomic E-state index is -0.0796. The third-order valence-electron chi connectivity index (χ3n) is 6.40. The number of nitrogen functional groups attached to an aromatic ring is 1. The predicted molar refractivity (Wildman–Crippen MR) is 148 cm³/mol. The highest BCUT2D eigenvalue weighted by molar-refractivity contribution is 5.95. The lowest BCUT2D eigenvalue weighted by Crippen LogP contribution is -2.34. The zero-order valence-electron chi connectivity index (χ0n) is 21.2. The summed E-state index contributed by atoms with van der Waals surface area (Å²) in [5, 5.41) is 16.5. The third-order valence-corrected chi connectivity index (χ3v) is 6.40. The number of nitriles is 1. The van der Waals surface area contributed by atoms with Crippen molar-refractivity contribution >= 4 is 34.4 Å². The number of rotatable bonds is 6. The molecule has 1 aliphatic rings. The summed E-state index contributed by atoms with van der Waals surface area (Å²) in [6.45, 7) is 4.99. The Balaban J connectivity index is 1.46. The van der Waals surface area contributed by atoms with Crippen LogP contribution in [0.25, 0.3) is 28.0 Å². The van der Waals surface area contributed by atoms with Gasteiger partial charge in [0.2, 0.25) is 5.95 Å². The van der Waals surface area contributed by atoms with E-state index in [1.165, 1.54) is 0 Å². The zero-order valence-corrected chi connectivity index (χ0v) is 21.2. The van der Waals surface area contributed by atoms with Gasteiger partial charge >= 0.3 is 0 Å². The quantitative estimate of drug-likeness (QED) is 0.308. The monoisotopic (exact) mass is 507 g/mol. The topological polar surface area (TPSA) is 149 Å². The first-order valence-corrected chi connectivity index (χ1v) is 12.7. The number of anilines is 2. The number of amides is 1. The van der Waals surface area contributed by atoms with Gasteiger partial charge in [0, 0.05) is 30.8 Å². The number of aromatic nitrogens is 4. The molecule has 5 N–H and O–H groups in total. The van der Waals surface area contributed by atoms with Gasteiger partial charge in [-0.2, -0.15) is 5.26 Å². The molecule has 0 saturated carbocycles. The minimum absolute atomic E-state index is 0.0796. The number of hydrogen-bond acceptors (Lipinski definition) is 8. The highest BCUT2D eigenvalue weighted by Crippen LogP contribution is 2.28. The van der Waals surface area contributed by atoms with Crippen molar-refractivity contribution in [1.82, 2.24) is 30.2 Å². The lowest BCUT2D eigenvalue weighted by molar-refractivity contribution is 0.0766. The van der Waals surface area contributed by atoms with Gasteiger partial charge in [0.1, 0.15) is 5.69 Å². The molecule has 0 unspecified atom stereocenters. The second-order valence-electron chi connectivity index (χ2n) is 9.01. The summed E-state index contributed by atoms with van der Waals surface area (Å²) in [5.41, 5.74) is 11.0. The summed E-state index contributed by atoms with van der Waals surface area (Å²) in [7, 11) is 0. The van der Waals surface area contributed by atoms with Crippen LogP contribution >= 0.6 is 0 Å². The van der Waals surface area contributed by atoms with E-state index in [0.717, 1.165) is 37.0 Å². The van der Waals surface area contributed by atoms with Gasteiger partial charge in [0.25, 0.3) is 5.91 Å². The molecule has 10 heteroatoms. The van der Waals surface area contributed by atoms with Crippen LogP contribution < -0.4 is 16.4 Å². The van der Waals surface area contributed by atoms with Crippen LogP contribution in [0.15, 0.2) is 54.7 Å². The standard InChI is InChI=1S/C28H29N9O/c1-2-6-23(36-28-34-21-7-3-4-8-22(21)35-28)25-26(30)32-17-24(33-25)20-10-9-18(15-19(20)16-29)27(38)37-13-5-11-31-12-14-37/h3-4,6-10,15,17,31H,2,5,11-14H2,1H3,(H2,30,32)(H2,34,35,36)/b23-6+. The van der Waals surface area contributed by atoms with Crippen LogP contribution in [0.3, 0.4) is 0 Å². The van der Waals surface area contributed by atoms with Gasteiger partial charge in [-0.1, -0.05) is 31.2 Å². The molecule has 0 radical (unpaired) electrons. The minimum Gasteiger partial charge on any atom is -0.382 e. The molecular weight excluding hydrogens is 478 g/mol. The van der Waals surface area contributed by atoms with Crippen molar-refractivity contribution in [3.8, 4) is 17.3 Å². The van der Waals surface area contributed by atoms with Crippen molar-refractivity contribution in [2.45, 2.75) is 19.8 Å². The van der Waals surface area contributed by atoms with E-state index in [1.54, 1.807) is 24.4 Å². The number of carbonyl (C=O) groups excluding carboxylic acids is 1. The van der Waals surface area contributed by atoms with Gasteiger partial charge in [0.05, 0.1) is 40.3 Å². The second-order valence-corrected chi connectivity index (χ2v) is 9.01. The first-order chi connectivity index (χ1) is 18.6. The van der Waals surface area contributed by atoms with Gasteiger partial charge in [-0.05, 0) is 43.7 Å². The van der Waals surface area contributed by atoms with E-state index in [4.69, 9.17) is 10.7 Å². The summed E-state index contributed by atoms with van der Waals surface area (Å²) < 4.78 is 0. The Morgan fingerprint density at radius 2 is 2.08 bits per heavy atom. The molecule has 1 aliphatic heterocycles. The average molecular weight is 508 g/mol. The van der Waals surface area contributed by atoms with E-state index < -0.39 is 0 Å².